The fourth-order valence-electron chi connectivity index (χ4n) is 1.90. The number of ketones is 3. The Kier molecular flexibility index (Phi) is 6.72. The molecule has 0 radical (unpaired) electrons. The molecular weight excluding hydrogens is 240 g/mol. The Morgan fingerprint density at radius 2 is 1.58 bits per heavy atom. The molecule has 3 heteroatoms. The van der Waals surface area contributed by atoms with Crippen molar-refractivity contribution in [3.05, 3.63) is 35.9 Å². The molecule has 0 atom stereocenters. The highest BCUT2D eigenvalue weighted by atomic mass is 16.1. The van der Waals surface area contributed by atoms with Crippen molar-refractivity contribution < 1.29 is 14.4 Å². The Morgan fingerprint density at radius 1 is 1.00 bits per heavy atom. The van der Waals surface area contributed by atoms with Gasteiger partial charge in [0, 0.05) is 18.4 Å². The van der Waals surface area contributed by atoms with E-state index in [9.17, 15) is 14.4 Å². The molecule has 0 unspecified atom stereocenters. The second-order valence-corrected chi connectivity index (χ2v) is 4.77. The number of benzene rings is 1. The van der Waals surface area contributed by atoms with Gasteiger partial charge in [0.05, 0.1) is 6.42 Å². The van der Waals surface area contributed by atoms with Crippen molar-refractivity contribution in [3.8, 4) is 0 Å². The molecule has 0 N–H and O–H groups in total. The zero-order valence-corrected chi connectivity index (χ0v) is 11.4. The lowest BCUT2D eigenvalue weighted by atomic mass is 10.00. The van der Waals surface area contributed by atoms with Crippen LogP contribution in [0, 0.1) is 0 Å². The highest BCUT2D eigenvalue weighted by Gasteiger charge is 2.07. The van der Waals surface area contributed by atoms with Gasteiger partial charge in [-0.2, -0.15) is 0 Å². The van der Waals surface area contributed by atoms with E-state index in [0.29, 0.717) is 11.3 Å². The topological polar surface area (TPSA) is 51.2 Å². The minimum Gasteiger partial charge on any atom is -0.300 e. The molecule has 1 saturated carbocycles. The molecule has 0 amide bonds. The predicted molar refractivity (Wildman–Crippen MR) is 74.2 cm³/mol. The first kappa shape index (κ1) is 15.3. The molecule has 1 aromatic rings. The van der Waals surface area contributed by atoms with Gasteiger partial charge in [0.15, 0.2) is 5.78 Å². The molecule has 1 aliphatic carbocycles. The lowest BCUT2D eigenvalue weighted by molar-refractivity contribution is -0.120. The number of carbonyl (C=O) groups is 3. The zero-order chi connectivity index (χ0) is 14.1. The van der Waals surface area contributed by atoms with Crippen LogP contribution in [0.5, 0.6) is 0 Å². The van der Waals surface area contributed by atoms with E-state index in [-0.39, 0.29) is 18.0 Å². The molecule has 102 valence electrons. The van der Waals surface area contributed by atoms with E-state index in [1.165, 1.54) is 13.3 Å². The number of Topliss-reactive ketones (excluding diaryl/α,β-unsaturated/α-hetero) is 3. The Balaban J connectivity index is 0.000000218. The second kappa shape index (κ2) is 8.35. The van der Waals surface area contributed by atoms with Gasteiger partial charge >= 0.3 is 0 Å². The van der Waals surface area contributed by atoms with Crippen LogP contribution in [0.3, 0.4) is 0 Å². The van der Waals surface area contributed by atoms with Crippen LogP contribution in [0.1, 0.15) is 55.8 Å². The van der Waals surface area contributed by atoms with Gasteiger partial charge in [0.1, 0.15) is 11.6 Å². The van der Waals surface area contributed by atoms with Gasteiger partial charge in [-0.05, 0) is 19.8 Å². The minimum atomic E-state index is -0.108. The van der Waals surface area contributed by atoms with Crippen molar-refractivity contribution in [3.63, 3.8) is 0 Å². The zero-order valence-electron chi connectivity index (χ0n) is 11.4. The summed E-state index contributed by atoms with van der Waals surface area (Å²) in [6.45, 7) is 1.42. The first-order chi connectivity index (χ1) is 9.09. The fourth-order valence-corrected chi connectivity index (χ4v) is 1.90. The number of hydrogen-bond donors (Lipinski definition) is 0. The van der Waals surface area contributed by atoms with Crippen molar-refractivity contribution in [2.75, 3.05) is 0 Å². The van der Waals surface area contributed by atoms with Crippen molar-refractivity contribution >= 4 is 17.3 Å². The first-order valence-electron chi connectivity index (χ1n) is 6.69. The van der Waals surface area contributed by atoms with Gasteiger partial charge in [0.25, 0.3) is 0 Å². The minimum absolute atomic E-state index is 0.00398. The SMILES string of the molecule is CC(=O)CC(=O)c1ccccc1.O=C1CCCCC1. The maximum atomic E-state index is 11.2. The third-order valence-corrected chi connectivity index (χ3v) is 2.92. The van der Waals surface area contributed by atoms with Crippen LogP contribution in [-0.4, -0.2) is 17.3 Å². The van der Waals surface area contributed by atoms with E-state index in [4.69, 9.17) is 0 Å². The quantitative estimate of drug-likeness (QED) is 0.618. The summed E-state index contributed by atoms with van der Waals surface area (Å²) < 4.78 is 0. The van der Waals surface area contributed by atoms with E-state index in [2.05, 4.69) is 0 Å². The van der Waals surface area contributed by atoms with Crippen LogP contribution in [0.4, 0.5) is 0 Å². The third kappa shape index (κ3) is 6.65. The lowest BCUT2D eigenvalue weighted by Gasteiger charge is -2.05. The summed E-state index contributed by atoms with van der Waals surface area (Å²) >= 11 is 0. The van der Waals surface area contributed by atoms with Crippen LogP contribution in [0.15, 0.2) is 30.3 Å². The Morgan fingerprint density at radius 3 is 2.00 bits per heavy atom. The highest BCUT2D eigenvalue weighted by molar-refractivity contribution is 6.07. The number of hydrogen-bond acceptors (Lipinski definition) is 3. The van der Waals surface area contributed by atoms with Gasteiger partial charge < -0.3 is 0 Å². The summed E-state index contributed by atoms with van der Waals surface area (Å²) in [5.41, 5.74) is 0.604. The molecule has 0 aliphatic heterocycles. The van der Waals surface area contributed by atoms with Gasteiger partial charge in [-0.3, -0.25) is 14.4 Å². The average molecular weight is 260 g/mol. The van der Waals surface area contributed by atoms with E-state index < -0.39 is 0 Å². The molecule has 0 spiro atoms. The number of carbonyl (C=O) groups excluding carboxylic acids is 3. The number of rotatable bonds is 3. The van der Waals surface area contributed by atoms with Crippen LogP contribution >= 0.6 is 0 Å². The average Bonchev–Trinajstić information content (AvgIpc) is 2.40. The largest absolute Gasteiger partial charge is 0.300 e. The summed E-state index contributed by atoms with van der Waals surface area (Å²) in [6, 6.07) is 8.84. The van der Waals surface area contributed by atoms with Crippen LogP contribution in [0.25, 0.3) is 0 Å². The van der Waals surface area contributed by atoms with Crippen molar-refractivity contribution in [1.82, 2.24) is 0 Å². The van der Waals surface area contributed by atoms with Crippen molar-refractivity contribution in [2.45, 2.75) is 45.4 Å². The molecule has 2 rings (SSSR count). The predicted octanol–water partition coefficient (Wildman–Crippen LogP) is 3.37. The maximum Gasteiger partial charge on any atom is 0.170 e. The molecule has 1 fully saturated rings. The van der Waals surface area contributed by atoms with Crippen LogP contribution < -0.4 is 0 Å². The Hall–Kier alpha value is -1.77. The molecule has 3 nitrogen and oxygen atoms in total. The molecule has 1 aliphatic rings. The van der Waals surface area contributed by atoms with Gasteiger partial charge in [-0.1, -0.05) is 36.8 Å². The van der Waals surface area contributed by atoms with Gasteiger partial charge in [-0.25, -0.2) is 0 Å². The summed E-state index contributed by atoms with van der Waals surface area (Å²) in [5, 5.41) is 0. The molecule has 0 bridgehead atoms. The summed E-state index contributed by atoms with van der Waals surface area (Å²) in [5.74, 6) is 0.262. The standard InChI is InChI=1S/C10H10O2.C6H10O/c1-8(11)7-10(12)9-5-3-2-4-6-9;7-6-4-2-1-3-5-6/h2-6H,7H2,1H3;1-5H2. The van der Waals surface area contributed by atoms with Gasteiger partial charge in [-0.15, -0.1) is 0 Å². The molecule has 0 heterocycles. The van der Waals surface area contributed by atoms with E-state index in [1.54, 1.807) is 24.3 Å². The monoisotopic (exact) mass is 260 g/mol. The normalized spacial score (nSPS) is 14.3. The summed E-state index contributed by atoms with van der Waals surface area (Å²) in [4.78, 5) is 32.3. The second-order valence-electron chi connectivity index (χ2n) is 4.77. The Bertz CT molecular complexity index is 427. The van der Waals surface area contributed by atoms with Gasteiger partial charge in [0.2, 0.25) is 0 Å². The molecule has 1 aromatic carbocycles. The first-order valence-corrected chi connectivity index (χ1v) is 6.69. The smallest absolute Gasteiger partial charge is 0.170 e. The molecular formula is C16H20O3. The van der Waals surface area contributed by atoms with E-state index in [1.807, 2.05) is 6.07 Å². The van der Waals surface area contributed by atoms with Crippen LogP contribution in [0.2, 0.25) is 0 Å². The molecule has 0 aromatic heterocycles. The lowest BCUT2D eigenvalue weighted by Crippen LogP contribution is -2.04. The summed E-state index contributed by atoms with van der Waals surface area (Å²) in [6.07, 6.45) is 5.24. The fraction of sp³-hybridized carbons (Fsp3) is 0.438. The molecule has 0 saturated heterocycles. The third-order valence-electron chi connectivity index (χ3n) is 2.92. The Labute approximate surface area is 114 Å². The summed E-state index contributed by atoms with van der Waals surface area (Å²) in [7, 11) is 0. The van der Waals surface area contributed by atoms with Crippen LogP contribution in [-0.2, 0) is 9.59 Å². The molecule has 19 heavy (non-hydrogen) atoms. The van der Waals surface area contributed by atoms with E-state index >= 15 is 0 Å². The van der Waals surface area contributed by atoms with Crippen molar-refractivity contribution in [2.24, 2.45) is 0 Å². The van der Waals surface area contributed by atoms with Crippen molar-refractivity contribution in [1.29, 1.82) is 0 Å². The maximum absolute atomic E-state index is 11.2. The highest BCUT2D eigenvalue weighted by Crippen LogP contribution is 2.12. The van der Waals surface area contributed by atoms with E-state index in [0.717, 1.165) is 25.7 Å².